The number of halogens is 3. The lowest BCUT2D eigenvalue weighted by Crippen LogP contribution is -2.31. The smallest absolute Gasteiger partial charge is 0.416 e. The Kier molecular flexibility index (Phi) is 6.15. The van der Waals surface area contributed by atoms with Crippen LogP contribution in [0.15, 0.2) is 48.5 Å². The summed E-state index contributed by atoms with van der Waals surface area (Å²) in [6.07, 6.45) is 0.567. The fourth-order valence-corrected chi connectivity index (χ4v) is 2.96. The van der Waals surface area contributed by atoms with E-state index in [-0.39, 0.29) is 18.5 Å². The summed E-state index contributed by atoms with van der Waals surface area (Å²) < 4.78 is 48.6. The number of hydrogen-bond acceptors (Lipinski definition) is 3. The molecule has 0 aliphatic heterocycles. The number of methoxy groups -OCH3 is 2. The first-order chi connectivity index (χ1) is 13.8. The highest BCUT2D eigenvalue weighted by Crippen LogP contribution is 2.31. The Hall–Kier alpha value is -2.96. The summed E-state index contributed by atoms with van der Waals surface area (Å²) in [5.41, 5.74) is 0.715. The molecule has 0 radical (unpaired) electrons. The summed E-state index contributed by atoms with van der Waals surface area (Å²) in [4.78, 5) is 14.4. The van der Waals surface area contributed by atoms with Crippen LogP contribution >= 0.6 is 0 Å². The predicted molar refractivity (Wildman–Crippen MR) is 104 cm³/mol. The maximum atomic E-state index is 12.7. The van der Waals surface area contributed by atoms with Crippen LogP contribution in [0, 0.1) is 0 Å². The van der Waals surface area contributed by atoms with E-state index in [0.717, 1.165) is 30.5 Å². The van der Waals surface area contributed by atoms with Gasteiger partial charge in [0, 0.05) is 24.7 Å². The molecule has 0 aromatic heterocycles. The number of carbonyl (C=O) groups excluding carboxylic acids is 1. The molecular formula is C22H22F3NO3. The van der Waals surface area contributed by atoms with E-state index in [4.69, 9.17) is 9.47 Å². The molecule has 0 bridgehead atoms. The molecule has 3 rings (SSSR count). The van der Waals surface area contributed by atoms with Crippen molar-refractivity contribution in [2.75, 3.05) is 14.2 Å². The van der Waals surface area contributed by atoms with Crippen LogP contribution < -0.4 is 9.47 Å². The van der Waals surface area contributed by atoms with Crippen molar-refractivity contribution in [1.82, 2.24) is 4.90 Å². The molecule has 0 unspecified atom stereocenters. The lowest BCUT2D eigenvalue weighted by molar-refractivity contribution is -0.137. The molecule has 0 N–H and O–H groups in total. The normalized spacial score (nSPS) is 14.1. The molecule has 0 saturated heterocycles. The molecule has 1 amide bonds. The molecule has 1 aliphatic rings. The van der Waals surface area contributed by atoms with Crippen LogP contribution in [0.2, 0.25) is 0 Å². The minimum Gasteiger partial charge on any atom is -0.497 e. The Morgan fingerprint density at radius 3 is 2.14 bits per heavy atom. The van der Waals surface area contributed by atoms with E-state index in [2.05, 4.69) is 0 Å². The topological polar surface area (TPSA) is 38.8 Å². The number of nitrogens with zero attached hydrogens (tertiary/aromatic N) is 1. The first-order valence-corrected chi connectivity index (χ1v) is 9.18. The van der Waals surface area contributed by atoms with E-state index < -0.39 is 11.7 Å². The van der Waals surface area contributed by atoms with Gasteiger partial charge in [0.15, 0.2) is 0 Å². The average molecular weight is 405 g/mol. The largest absolute Gasteiger partial charge is 0.497 e. The van der Waals surface area contributed by atoms with E-state index in [1.54, 1.807) is 43.4 Å². The van der Waals surface area contributed by atoms with E-state index in [1.165, 1.54) is 18.2 Å². The average Bonchev–Trinajstić information content (AvgIpc) is 3.54. The van der Waals surface area contributed by atoms with Crippen LogP contribution in [-0.2, 0) is 17.5 Å². The minimum atomic E-state index is -4.37. The monoisotopic (exact) mass is 405 g/mol. The van der Waals surface area contributed by atoms with E-state index >= 15 is 0 Å². The highest BCUT2D eigenvalue weighted by Gasteiger charge is 2.32. The molecule has 29 heavy (non-hydrogen) atoms. The van der Waals surface area contributed by atoms with Crippen molar-refractivity contribution in [3.8, 4) is 11.5 Å². The Balaban J connectivity index is 1.73. The standard InChI is InChI=1S/C22H22F3NO3/c1-28-19-11-16(12-20(13-19)29-2)5-10-21(27)26(18-8-9-18)14-15-3-6-17(7-4-15)22(23,24)25/h3-7,10-13,18H,8-9,14H2,1-2H3/b10-5+. The van der Waals surface area contributed by atoms with Gasteiger partial charge < -0.3 is 14.4 Å². The third-order valence-corrected chi connectivity index (χ3v) is 4.70. The molecular weight excluding hydrogens is 383 g/mol. The van der Waals surface area contributed by atoms with Crippen molar-refractivity contribution >= 4 is 12.0 Å². The van der Waals surface area contributed by atoms with E-state index in [9.17, 15) is 18.0 Å². The second-order valence-corrected chi connectivity index (χ2v) is 6.87. The van der Waals surface area contributed by atoms with Crippen molar-refractivity contribution in [1.29, 1.82) is 0 Å². The molecule has 0 atom stereocenters. The van der Waals surface area contributed by atoms with Gasteiger partial charge in [-0.2, -0.15) is 13.2 Å². The van der Waals surface area contributed by atoms with Gasteiger partial charge in [-0.25, -0.2) is 0 Å². The van der Waals surface area contributed by atoms with Crippen molar-refractivity contribution in [3.05, 3.63) is 65.2 Å². The third-order valence-electron chi connectivity index (χ3n) is 4.70. The van der Waals surface area contributed by atoms with Gasteiger partial charge in [0.25, 0.3) is 0 Å². The first-order valence-electron chi connectivity index (χ1n) is 9.18. The zero-order valence-electron chi connectivity index (χ0n) is 16.2. The summed E-state index contributed by atoms with van der Waals surface area (Å²) in [7, 11) is 3.10. The number of rotatable bonds is 7. The van der Waals surface area contributed by atoms with Gasteiger partial charge in [-0.05, 0) is 54.3 Å². The van der Waals surface area contributed by atoms with Crippen LogP contribution in [0.5, 0.6) is 11.5 Å². The van der Waals surface area contributed by atoms with Gasteiger partial charge in [-0.1, -0.05) is 12.1 Å². The van der Waals surface area contributed by atoms with Gasteiger partial charge in [-0.3, -0.25) is 4.79 Å². The molecule has 154 valence electrons. The highest BCUT2D eigenvalue weighted by atomic mass is 19.4. The maximum absolute atomic E-state index is 12.7. The molecule has 0 spiro atoms. The van der Waals surface area contributed by atoms with Crippen LogP contribution in [0.4, 0.5) is 13.2 Å². The van der Waals surface area contributed by atoms with Crippen molar-refractivity contribution in [2.24, 2.45) is 0 Å². The van der Waals surface area contributed by atoms with Crippen LogP contribution in [0.25, 0.3) is 6.08 Å². The molecule has 1 aliphatic carbocycles. The number of carbonyl (C=O) groups is 1. The fourth-order valence-electron chi connectivity index (χ4n) is 2.96. The van der Waals surface area contributed by atoms with Crippen molar-refractivity contribution in [2.45, 2.75) is 31.6 Å². The zero-order valence-corrected chi connectivity index (χ0v) is 16.2. The van der Waals surface area contributed by atoms with Gasteiger partial charge in [0.05, 0.1) is 19.8 Å². The van der Waals surface area contributed by atoms with Gasteiger partial charge in [0.2, 0.25) is 5.91 Å². The summed E-state index contributed by atoms with van der Waals surface area (Å²) in [5.74, 6) is 1.04. The quantitative estimate of drug-likeness (QED) is 0.614. The van der Waals surface area contributed by atoms with Crippen LogP contribution in [0.3, 0.4) is 0 Å². The Morgan fingerprint density at radius 1 is 1.07 bits per heavy atom. The molecule has 1 saturated carbocycles. The molecule has 0 heterocycles. The zero-order chi connectivity index (χ0) is 21.0. The molecule has 4 nitrogen and oxygen atoms in total. The molecule has 7 heteroatoms. The fraction of sp³-hybridized carbons (Fsp3) is 0.318. The van der Waals surface area contributed by atoms with Crippen LogP contribution in [-0.4, -0.2) is 31.1 Å². The second-order valence-electron chi connectivity index (χ2n) is 6.87. The lowest BCUT2D eigenvalue weighted by atomic mass is 10.1. The number of benzene rings is 2. The van der Waals surface area contributed by atoms with E-state index in [1.807, 2.05) is 0 Å². The lowest BCUT2D eigenvalue weighted by Gasteiger charge is -2.21. The third kappa shape index (κ3) is 5.53. The second kappa shape index (κ2) is 8.59. The predicted octanol–water partition coefficient (Wildman–Crippen LogP) is 4.93. The summed E-state index contributed by atoms with van der Waals surface area (Å²) in [5, 5.41) is 0. The van der Waals surface area contributed by atoms with Gasteiger partial charge >= 0.3 is 6.18 Å². The number of alkyl halides is 3. The SMILES string of the molecule is COc1cc(/C=C/C(=O)N(Cc2ccc(C(F)(F)F)cc2)C2CC2)cc(OC)c1. The molecule has 2 aromatic carbocycles. The molecule has 1 fully saturated rings. The number of amides is 1. The molecule has 2 aromatic rings. The summed E-state index contributed by atoms with van der Waals surface area (Å²) >= 11 is 0. The summed E-state index contributed by atoms with van der Waals surface area (Å²) in [6.45, 7) is 0.271. The Labute approximate surface area is 167 Å². The van der Waals surface area contributed by atoms with Gasteiger partial charge in [-0.15, -0.1) is 0 Å². The Bertz CT molecular complexity index is 865. The Morgan fingerprint density at radius 2 is 1.66 bits per heavy atom. The first kappa shape index (κ1) is 20.8. The highest BCUT2D eigenvalue weighted by molar-refractivity contribution is 5.92. The van der Waals surface area contributed by atoms with E-state index in [0.29, 0.717) is 17.1 Å². The van der Waals surface area contributed by atoms with Crippen molar-refractivity contribution in [3.63, 3.8) is 0 Å². The van der Waals surface area contributed by atoms with Gasteiger partial charge in [0.1, 0.15) is 11.5 Å². The summed E-state index contributed by atoms with van der Waals surface area (Å²) in [6, 6.07) is 10.3. The van der Waals surface area contributed by atoms with Crippen molar-refractivity contribution < 1.29 is 27.4 Å². The maximum Gasteiger partial charge on any atom is 0.416 e. The number of hydrogen-bond donors (Lipinski definition) is 0. The minimum absolute atomic E-state index is 0.120. The number of ether oxygens (including phenoxy) is 2. The van der Waals surface area contributed by atoms with Crippen LogP contribution in [0.1, 0.15) is 29.5 Å².